The van der Waals surface area contributed by atoms with Crippen molar-refractivity contribution in [2.24, 2.45) is 10.2 Å². The maximum absolute atomic E-state index is 11.6. The lowest BCUT2D eigenvalue weighted by Gasteiger charge is -2.33. The van der Waals surface area contributed by atoms with Gasteiger partial charge in [-0.05, 0) is 25.8 Å². The van der Waals surface area contributed by atoms with Crippen LogP contribution in [0.4, 0.5) is 0 Å². The van der Waals surface area contributed by atoms with Crippen LogP contribution in [0.3, 0.4) is 0 Å². The monoisotopic (exact) mass is 256 g/mol. The van der Waals surface area contributed by atoms with Gasteiger partial charge in [0.2, 0.25) is 0 Å². The molecule has 0 fully saturated rings. The Morgan fingerprint density at radius 2 is 2.00 bits per heavy atom. The summed E-state index contributed by atoms with van der Waals surface area (Å²) in [6, 6.07) is 8.01. The molecule has 2 aliphatic heterocycles. The average Bonchev–Trinajstić information content (AvgIpc) is 2.44. The van der Waals surface area contributed by atoms with Crippen molar-refractivity contribution in [3.63, 3.8) is 0 Å². The van der Waals surface area contributed by atoms with E-state index in [2.05, 4.69) is 46.8 Å². The summed E-state index contributed by atoms with van der Waals surface area (Å²) in [5, 5.41) is 10.4. The molecule has 1 aromatic carbocycles. The molecular formula is C14H16N4O. The summed E-state index contributed by atoms with van der Waals surface area (Å²) in [4.78, 5) is 11.6. The molecule has 0 radical (unpaired) electrons. The number of nitrogens with one attached hydrogen (secondary N) is 1. The Bertz CT molecular complexity index is 574. The van der Waals surface area contributed by atoms with Crippen molar-refractivity contribution >= 4 is 17.5 Å². The zero-order valence-corrected chi connectivity index (χ0v) is 11.1. The standard InChI is InChI=1S/C14H16N4O/c1-9-3-5-11(6-4-9)12-7-8-13-15-16-14(19)10(2)18(13)17-12/h3-6,10H,7-8H2,1-2H3,(H,16,19). The number of fused-ring (bicyclic) bond motifs is 1. The molecule has 0 spiro atoms. The van der Waals surface area contributed by atoms with Crippen LogP contribution >= 0.6 is 0 Å². The van der Waals surface area contributed by atoms with Crippen LogP contribution in [-0.2, 0) is 4.79 Å². The number of aryl methyl sites for hydroxylation is 1. The topological polar surface area (TPSA) is 57.1 Å². The number of amides is 1. The molecule has 19 heavy (non-hydrogen) atoms. The molecule has 1 N–H and O–H groups in total. The smallest absolute Gasteiger partial charge is 0.264 e. The van der Waals surface area contributed by atoms with Crippen LogP contribution in [0.2, 0.25) is 0 Å². The van der Waals surface area contributed by atoms with E-state index in [1.54, 1.807) is 5.01 Å². The van der Waals surface area contributed by atoms with E-state index in [-0.39, 0.29) is 11.9 Å². The lowest BCUT2D eigenvalue weighted by molar-refractivity contribution is -0.125. The Labute approximate surface area is 112 Å². The van der Waals surface area contributed by atoms with Crippen molar-refractivity contribution in [1.82, 2.24) is 10.4 Å². The zero-order chi connectivity index (χ0) is 13.4. The second-order valence-corrected chi connectivity index (χ2v) is 4.94. The fourth-order valence-electron chi connectivity index (χ4n) is 2.27. The number of rotatable bonds is 1. The molecule has 0 aliphatic carbocycles. The summed E-state index contributed by atoms with van der Waals surface area (Å²) in [7, 11) is 0. The molecule has 5 heteroatoms. The Morgan fingerprint density at radius 1 is 1.26 bits per heavy atom. The van der Waals surface area contributed by atoms with Gasteiger partial charge < -0.3 is 0 Å². The van der Waals surface area contributed by atoms with Crippen molar-refractivity contribution in [1.29, 1.82) is 0 Å². The Hall–Kier alpha value is -2.17. The number of hydrogen-bond donors (Lipinski definition) is 1. The van der Waals surface area contributed by atoms with Gasteiger partial charge in [0.15, 0.2) is 0 Å². The van der Waals surface area contributed by atoms with E-state index in [1.807, 2.05) is 6.92 Å². The van der Waals surface area contributed by atoms with E-state index in [0.717, 1.165) is 30.0 Å². The maximum atomic E-state index is 11.6. The fourth-order valence-corrected chi connectivity index (χ4v) is 2.27. The van der Waals surface area contributed by atoms with Crippen LogP contribution in [0, 0.1) is 6.92 Å². The van der Waals surface area contributed by atoms with Gasteiger partial charge in [-0.1, -0.05) is 29.8 Å². The minimum absolute atomic E-state index is 0.113. The first kappa shape index (κ1) is 11.9. The summed E-state index contributed by atoms with van der Waals surface area (Å²) in [5.41, 5.74) is 5.89. The summed E-state index contributed by atoms with van der Waals surface area (Å²) in [6.45, 7) is 3.90. The van der Waals surface area contributed by atoms with Gasteiger partial charge in [0.05, 0.1) is 5.71 Å². The SMILES string of the molecule is Cc1ccc(C2=NN3C(=NNC(=O)C3C)CC2)cc1. The number of nitrogens with zero attached hydrogens (tertiary/aromatic N) is 3. The summed E-state index contributed by atoms with van der Waals surface area (Å²) >= 11 is 0. The lowest BCUT2D eigenvalue weighted by Crippen LogP contribution is -2.51. The van der Waals surface area contributed by atoms with E-state index >= 15 is 0 Å². The normalized spacial score (nSPS) is 22.3. The summed E-state index contributed by atoms with van der Waals surface area (Å²) < 4.78 is 0. The van der Waals surface area contributed by atoms with E-state index in [9.17, 15) is 4.79 Å². The van der Waals surface area contributed by atoms with Crippen LogP contribution in [0.15, 0.2) is 34.5 Å². The van der Waals surface area contributed by atoms with Crippen molar-refractivity contribution in [2.45, 2.75) is 32.7 Å². The van der Waals surface area contributed by atoms with Gasteiger partial charge in [0.1, 0.15) is 11.9 Å². The molecule has 0 aromatic heterocycles. The van der Waals surface area contributed by atoms with Gasteiger partial charge in [-0.15, -0.1) is 0 Å². The van der Waals surface area contributed by atoms with E-state index in [4.69, 9.17) is 0 Å². The van der Waals surface area contributed by atoms with Gasteiger partial charge in [-0.3, -0.25) is 4.79 Å². The number of amidine groups is 1. The van der Waals surface area contributed by atoms with Gasteiger partial charge >= 0.3 is 0 Å². The maximum Gasteiger partial charge on any atom is 0.264 e. The fraction of sp³-hybridized carbons (Fsp3) is 0.357. The Balaban J connectivity index is 1.94. The van der Waals surface area contributed by atoms with Gasteiger partial charge in [-0.25, -0.2) is 10.4 Å². The van der Waals surface area contributed by atoms with Gasteiger partial charge in [0, 0.05) is 6.42 Å². The zero-order valence-electron chi connectivity index (χ0n) is 11.1. The van der Waals surface area contributed by atoms with Crippen molar-refractivity contribution in [3.8, 4) is 0 Å². The van der Waals surface area contributed by atoms with Crippen molar-refractivity contribution in [2.75, 3.05) is 0 Å². The molecule has 1 unspecified atom stereocenters. The molecule has 5 nitrogen and oxygen atoms in total. The third kappa shape index (κ3) is 2.12. The van der Waals surface area contributed by atoms with Gasteiger partial charge in [0.25, 0.3) is 5.91 Å². The highest BCUT2D eigenvalue weighted by Gasteiger charge is 2.31. The summed E-state index contributed by atoms with van der Waals surface area (Å²) in [6.07, 6.45) is 1.65. The molecule has 0 bridgehead atoms. The first-order valence-electron chi connectivity index (χ1n) is 6.45. The highest BCUT2D eigenvalue weighted by molar-refractivity contribution is 6.06. The van der Waals surface area contributed by atoms with Crippen molar-refractivity contribution < 1.29 is 4.79 Å². The molecule has 3 rings (SSSR count). The highest BCUT2D eigenvalue weighted by Crippen LogP contribution is 2.20. The minimum atomic E-state index is -0.298. The molecule has 2 heterocycles. The van der Waals surface area contributed by atoms with E-state index in [0.29, 0.717) is 0 Å². The third-order valence-corrected chi connectivity index (χ3v) is 3.50. The highest BCUT2D eigenvalue weighted by atomic mass is 16.2. The first-order valence-corrected chi connectivity index (χ1v) is 6.45. The molecule has 2 aliphatic rings. The largest absolute Gasteiger partial charge is 0.271 e. The van der Waals surface area contributed by atoms with Gasteiger partial charge in [-0.2, -0.15) is 10.2 Å². The second-order valence-electron chi connectivity index (χ2n) is 4.94. The molecule has 1 amide bonds. The number of carbonyl (C=O) groups is 1. The molecular weight excluding hydrogens is 240 g/mol. The summed E-state index contributed by atoms with van der Waals surface area (Å²) in [5.74, 6) is 0.723. The van der Waals surface area contributed by atoms with Crippen molar-refractivity contribution in [3.05, 3.63) is 35.4 Å². The van der Waals surface area contributed by atoms with Crippen LogP contribution in [-0.4, -0.2) is 28.5 Å². The lowest BCUT2D eigenvalue weighted by atomic mass is 10.0. The Morgan fingerprint density at radius 3 is 2.74 bits per heavy atom. The predicted molar refractivity (Wildman–Crippen MR) is 73.8 cm³/mol. The molecule has 0 saturated carbocycles. The van der Waals surface area contributed by atoms with Crippen LogP contribution in [0.5, 0.6) is 0 Å². The first-order chi connectivity index (χ1) is 9.15. The number of benzene rings is 1. The van der Waals surface area contributed by atoms with E-state index in [1.165, 1.54) is 5.56 Å². The van der Waals surface area contributed by atoms with E-state index < -0.39 is 0 Å². The number of carbonyl (C=O) groups excluding carboxylic acids is 1. The predicted octanol–water partition coefficient (Wildman–Crippen LogP) is 1.63. The van der Waals surface area contributed by atoms with Crippen LogP contribution in [0.1, 0.15) is 30.9 Å². The third-order valence-electron chi connectivity index (χ3n) is 3.50. The van der Waals surface area contributed by atoms with Crippen LogP contribution < -0.4 is 5.43 Å². The average molecular weight is 256 g/mol. The quantitative estimate of drug-likeness (QED) is 0.830. The molecule has 0 saturated heterocycles. The molecule has 98 valence electrons. The minimum Gasteiger partial charge on any atom is -0.271 e. The van der Waals surface area contributed by atoms with Crippen LogP contribution in [0.25, 0.3) is 0 Å². The second kappa shape index (κ2) is 4.50. The molecule has 1 aromatic rings. The molecule has 1 atom stereocenters. The Kier molecular flexibility index (Phi) is 2.81. The number of hydrogen-bond acceptors (Lipinski definition) is 4. The number of hydrazone groups is 2.